The lowest BCUT2D eigenvalue weighted by atomic mass is 10.3. The Bertz CT molecular complexity index is 549. The van der Waals surface area contributed by atoms with Crippen LogP contribution in [0.15, 0.2) is 29.3 Å². The van der Waals surface area contributed by atoms with Crippen LogP contribution < -0.4 is 16.0 Å². The third-order valence-corrected chi connectivity index (χ3v) is 3.63. The fraction of sp³-hybridized carbons (Fsp3) is 0.429. The van der Waals surface area contributed by atoms with Crippen LogP contribution in [0.3, 0.4) is 0 Å². The maximum atomic E-state index is 4.53. The van der Waals surface area contributed by atoms with E-state index in [1.165, 1.54) is 4.70 Å². The van der Waals surface area contributed by atoms with Crippen molar-refractivity contribution in [2.75, 3.05) is 25.5 Å². The zero-order valence-corrected chi connectivity index (χ0v) is 15.7. The number of fused-ring (bicyclic) bond motifs is 1. The van der Waals surface area contributed by atoms with Crippen molar-refractivity contribution < 1.29 is 0 Å². The Morgan fingerprint density at radius 1 is 1.29 bits per heavy atom. The second-order valence-corrected chi connectivity index (χ2v) is 5.74. The smallest absolute Gasteiger partial charge is 0.191 e. The van der Waals surface area contributed by atoms with Gasteiger partial charge in [0.25, 0.3) is 0 Å². The summed E-state index contributed by atoms with van der Waals surface area (Å²) in [6.45, 7) is 5.78. The van der Waals surface area contributed by atoms with Crippen molar-refractivity contribution in [1.29, 1.82) is 0 Å². The van der Waals surface area contributed by atoms with Gasteiger partial charge < -0.3 is 16.0 Å². The fourth-order valence-corrected chi connectivity index (χ4v) is 2.66. The third-order valence-electron chi connectivity index (χ3n) is 2.64. The molecule has 0 saturated carbocycles. The van der Waals surface area contributed by atoms with Crippen molar-refractivity contribution in [3.05, 3.63) is 24.3 Å². The van der Waals surface area contributed by atoms with E-state index < -0.39 is 0 Å². The molecule has 0 aliphatic heterocycles. The number of benzene rings is 1. The average molecular weight is 419 g/mol. The number of nitrogens with one attached hydrogen (secondary N) is 3. The summed E-state index contributed by atoms with van der Waals surface area (Å²) in [6, 6.07) is 8.54. The average Bonchev–Trinajstić information content (AvgIpc) is 2.84. The van der Waals surface area contributed by atoms with E-state index in [0.29, 0.717) is 6.04 Å². The molecule has 0 amide bonds. The first-order valence-electron chi connectivity index (χ1n) is 6.75. The predicted molar refractivity (Wildman–Crippen MR) is 103 cm³/mol. The molecule has 0 radical (unpaired) electrons. The number of anilines is 1. The van der Waals surface area contributed by atoms with Crippen molar-refractivity contribution in [3.63, 3.8) is 0 Å². The normalized spacial score (nSPS) is 11.3. The molecule has 0 atom stereocenters. The van der Waals surface area contributed by atoms with E-state index >= 15 is 0 Å². The molecule has 1 heterocycles. The Kier molecular flexibility index (Phi) is 7.73. The van der Waals surface area contributed by atoms with Gasteiger partial charge in [0.15, 0.2) is 11.1 Å². The maximum Gasteiger partial charge on any atom is 0.191 e. The van der Waals surface area contributed by atoms with Gasteiger partial charge in [0.1, 0.15) is 0 Å². The summed E-state index contributed by atoms with van der Waals surface area (Å²) in [7, 11) is 1.78. The molecule has 2 rings (SSSR count). The number of halogens is 1. The Balaban J connectivity index is 0.00000220. The van der Waals surface area contributed by atoms with Crippen molar-refractivity contribution >= 4 is 56.6 Å². The number of para-hydroxylation sites is 1. The SMILES string of the molecule is CN=C(NCCNc1nc2ccccc2s1)NC(C)C.I. The van der Waals surface area contributed by atoms with Gasteiger partial charge in [0.2, 0.25) is 0 Å². The predicted octanol–water partition coefficient (Wildman–Crippen LogP) is 2.90. The van der Waals surface area contributed by atoms with E-state index in [2.05, 4.69) is 45.8 Å². The molecule has 0 saturated heterocycles. The number of hydrogen-bond acceptors (Lipinski definition) is 4. The van der Waals surface area contributed by atoms with Crippen LogP contribution in [0.4, 0.5) is 5.13 Å². The van der Waals surface area contributed by atoms with E-state index in [0.717, 1.165) is 29.7 Å². The molecule has 21 heavy (non-hydrogen) atoms. The van der Waals surface area contributed by atoms with Crippen LogP contribution >= 0.6 is 35.3 Å². The number of nitrogens with zero attached hydrogens (tertiary/aromatic N) is 2. The number of aromatic nitrogens is 1. The van der Waals surface area contributed by atoms with E-state index in [4.69, 9.17) is 0 Å². The van der Waals surface area contributed by atoms with Crippen LogP contribution in [0.2, 0.25) is 0 Å². The summed E-state index contributed by atoms with van der Waals surface area (Å²) in [5.41, 5.74) is 1.05. The van der Waals surface area contributed by atoms with E-state index in [9.17, 15) is 0 Å². The first-order chi connectivity index (χ1) is 9.69. The van der Waals surface area contributed by atoms with Crippen LogP contribution in [0, 0.1) is 0 Å². The molecule has 1 aromatic carbocycles. The highest BCUT2D eigenvalue weighted by molar-refractivity contribution is 14.0. The van der Waals surface area contributed by atoms with Crippen molar-refractivity contribution in [2.45, 2.75) is 19.9 Å². The van der Waals surface area contributed by atoms with Gasteiger partial charge in [-0.2, -0.15) is 0 Å². The minimum atomic E-state index is 0. The first-order valence-corrected chi connectivity index (χ1v) is 7.57. The minimum absolute atomic E-state index is 0. The van der Waals surface area contributed by atoms with Crippen molar-refractivity contribution in [1.82, 2.24) is 15.6 Å². The molecule has 0 bridgehead atoms. The zero-order chi connectivity index (χ0) is 14.4. The van der Waals surface area contributed by atoms with Gasteiger partial charge in [-0.25, -0.2) is 4.98 Å². The third kappa shape index (κ3) is 5.66. The molecular formula is C14H22IN5S. The number of hydrogen-bond donors (Lipinski definition) is 3. The molecule has 116 valence electrons. The van der Waals surface area contributed by atoms with E-state index in [1.807, 2.05) is 18.2 Å². The summed E-state index contributed by atoms with van der Waals surface area (Å²) >= 11 is 1.68. The maximum absolute atomic E-state index is 4.53. The lowest BCUT2D eigenvalue weighted by Gasteiger charge is -2.14. The fourth-order valence-electron chi connectivity index (χ4n) is 1.77. The first kappa shape index (κ1) is 18.0. The monoisotopic (exact) mass is 419 g/mol. The Morgan fingerprint density at radius 3 is 2.71 bits per heavy atom. The topological polar surface area (TPSA) is 61.3 Å². The summed E-state index contributed by atoms with van der Waals surface area (Å²) < 4.78 is 1.21. The number of guanidine groups is 1. The molecule has 0 aliphatic rings. The second kappa shape index (κ2) is 9.04. The quantitative estimate of drug-likeness (QED) is 0.302. The van der Waals surface area contributed by atoms with Gasteiger partial charge in [-0.1, -0.05) is 23.5 Å². The van der Waals surface area contributed by atoms with Gasteiger partial charge in [-0.15, -0.1) is 24.0 Å². The zero-order valence-electron chi connectivity index (χ0n) is 12.5. The van der Waals surface area contributed by atoms with Crippen molar-refractivity contribution in [3.8, 4) is 0 Å². The molecule has 0 aliphatic carbocycles. The molecular weight excluding hydrogens is 397 g/mol. The molecule has 0 spiro atoms. The molecule has 1 aromatic heterocycles. The minimum Gasteiger partial charge on any atom is -0.360 e. The van der Waals surface area contributed by atoms with Gasteiger partial charge in [0, 0.05) is 26.2 Å². The largest absolute Gasteiger partial charge is 0.360 e. The van der Waals surface area contributed by atoms with Gasteiger partial charge in [0.05, 0.1) is 10.2 Å². The molecule has 3 N–H and O–H groups in total. The molecule has 0 unspecified atom stereocenters. The Hall–Kier alpha value is -1.09. The second-order valence-electron chi connectivity index (χ2n) is 4.71. The molecule has 2 aromatic rings. The van der Waals surface area contributed by atoms with Gasteiger partial charge in [-0.05, 0) is 26.0 Å². The number of thiazole rings is 1. The van der Waals surface area contributed by atoms with Crippen LogP contribution in [-0.2, 0) is 0 Å². The highest BCUT2D eigenvalue weighted by Crippen LogP contribution is 2.24. The summed E-state index contributed by atoms with van der Waals surface area (Å²) in [5, 5.41) is 10.8. The highest BCUT2D eigenvalue weighted by atomic mass is 127. The van der Waals surface area contributed by atoms with Crippen LogP contribution in [-0.4, -0.2) is 37.1 Å². The van der Waals surface area contributed by atoms with Gasteiger partial charge in [-0.3, -0.25) is 4.99 Å². The Morgan fingerprint density at radius 2 is 2.05 bits per heavy atom. The lowest BCUT2D eigenvalue weighted by Crippen LogP contribution is -2.42. The standard InChI is InChI=1S/C14H21N5S.HI/c1-10(2)18-13(15-3)16-8-9-17-14-19-11-6-4-5-7-12(11)20-14;/h4-7,10H,8-9H2,1-3H3,(H,17,19)(H2,15,16,18);1H. The molecule has 0 fully saturated rings. The highest BCUT2D eigenvalue weighted by Gasteiger charge is 2.02. The van der Waals surface area contributed by atoms with E-state index in [-0.39, 0.29) is 24.0 Å². The number of aliphatic imine (C=N–C) groups is 1. The molecule has 5 nitrogen and oxygen atoms in total. The number of rotatable bonds is 5. The van der Waals surface area contributed by atoms with Gasteiger partial charge >= 0.3 is 0 Å². The van der Waals surface area contributed by atoms with E-state index in [1.54, 1.807) is 18.4 Å². The van der Waals surface area contributed by atoms with Crippen LogP contribution in [0.1, 0.15) is 13.8 Å². The summed E-state index contributed by atoms with van der Waals surface area (Å²) in [5.74, 6) is 0.825. The summed E-state index contributed by atoms with van der Waals surface area (Å²) in [6.07, 6.45) is 0. The van der Waals surface area contributed by atoms with Crippen LogP contribution in [0.25, 0.3) is 10.2 Å². The summed E-state index contributed by atoms with van der Waals surface area (Å²) in [4.78, 5) is 8.69. The Labute approximate surface area is 146 Å². The van der Waals surface area contributed by atoms with Crippen LogP contribution in [0.5, 0.6) is 0 Å². The molecule has 7 heteroatoms. The lowest BCUT2D eigenvalue weighted by molar-refractivity contribution is 0.702. The van der Waals surface area contributed by atoms with Crippen molar-refractivity contribution in [2.24, 2.45) is 4.99 Å².